The number of aromatic nitrogens is 2. The van der Waals surface area contributed by atoms with Gasteiger partial charge in [0.1, 0.15) is 0 Å². The molecule has 2 aromatic rings. The van der Waals surface area contributed by atoms with Crippen molar-refractivity contribution in [2.45, 2.75) is 11.4 Å². The monoisotopic (exact) mass is 311 g/mol. The van der Waals surface area contributed by atoms with Crippen LogP contribution in [-0.4, -0.2) is 37.2 Å². The van der Waals surface area contributed by atoms with Crippen LogP contribution in [-0.2, 0) is 9.84 Å². The zero-order chi connectivity index (χ0) is 14.2. The van der Waals surface area contributed by atoms with Crippen LogP contribution in [0.25, 0.3) is 11.0 Å². The van der Waals surface area contributed by atoms with Crippen molar-refractivity contribution in [3.63, 3.8) is 0 Å². The maximum atomic E-state index is 12.4. The topological polar surface area (TPSA) is 72.0 Å². The second-order valence-electron chi connectivity index (χ2n) is 4.95. The number of nitrogens with zero attached hydrogens (tertiary/aromatic N) is 2. The van der Waals surface area contributed by atoms with Gasteiger partial charge in [-0.25, -0.2) is 18.4 Å². The van der Waals surface area contributed by atoms with Crippen molar-refractivity contribution in [1.82, 2.24) is 15.3 Å². The van der Waals surface area contributed by atoms with Gasteiger partial charge in [0.25, 0.3) is 0 Å². The summed E-state index contributed by atoms with van der Waals surface area (Å²) in [5, 5.41) is 3.00. The number of benzene rings is 1. The number of halogens is 1. The molecule has 0 saturated carbocycles. The van der Waals surface area contributed by atoms with Gasteiger partial charge in [-0.1, -0.05) is 23.7 Å². The van der Waals surface area contributed by atoms with Crippen molar-refractivity contribution in [2.75, 3.05) is 18.8 Å². The Kier molecular flexibility index (Phi) is 3.62. The van der Waals surface area contributed by atoms with Crippen LogP contribution in [0.2, 0.25) is 5.15 Å². The molecule has 1 N–H and O–H groups in total. The maximum absolute atomic E-state index is 12.4. The quantitative estimate of drug-likeness (QED) is 0.933. The summed E-state index contributed by atoms with van der Waals surface area (Å²) < 4.78 is 24.9. The van der Waals surface area contributed by atoms with Gasteiger partial charge in [-0.05, 0) is 37.6 Å². The van der Waals surface area contributed by atoms with E-state index in [4.69, 9.17) is 11.6 Å². The molecule has 2 heterocycles. The van der Waals surface area contributed by atoms with Crippen LogP contribution in [0.4, 0.5) is 0 Å². The molecule has 5 nitrogen and oxygen atoms in total. The highest BCUT2D eigenvalue weighted by molar-refractivity contribution is 7.91. The molecule has 0 unspecified atom stereocenters. The molecule has 1 aliphatic heterocycles. The predicted octanol–water partition coefficient (Wildman–Crippen LogP) is 1.67. The summed E-state index contributed by atoms with van der Waals surface area (Å²) in [5.74, 6) is 0.177. The largest absolute Gasteiger partial charge is 0.316 e. The molecule has 1 aromatic carbocycles. The second-order valence-corrected chi connectivity index (χ2v) is 7.26. The van der Waals surface area contributed by atoms with Gasteiger partial charge in [0.05, 0.1) is 16.8 Å². The van der Waals surface area contributed by atoms with Crippen molar-refractivity contribution in [3.05, 3.63) is 29.4 Å². The Labute approximate surface area is 122 Å². The van der Waals surface area contributed by atoms with Gasteiger partial charge in [0, 0.05) is 0 Å². The molecule has 3 rings (SSSR count). The van der Waals surface area contributed by atoms with E-state index in [2.05, 4.69) is 15.3 Å². The highest BCUT2D eigenvalue weighted by Crippen LogP contribution is 2.24. The molecule has 0 spiro atoms. The first-order valence-corrected chi connectivity index (χ1v) is 8.45. The van der Waals surface area contributed by atoms with Crippen LogP contribution < -0.4 is 5.32 Å². The molecule has 0 amide bonds. The lowest BCUT2D eigenvalue weighted by molar-refractivity contribution is 0.567. The van der Waals surface area contributed by atoms with Crippen molar-refractivity contribution in [1.29, 1.82) is 0 Å². The Balaban J connectivity index is 2.01. The number of hydrogen-bond donors (Lipinski definition) is 1. The number of rotatable bonds is 3. The van der Waals surface area contributed by atoms with Crippen LogP contribution in [0.3, 0.4) is 0 Å². The van der Waals surface area contributed by atoms with E-state index >= 15 is 0 Å². The molecule has 20 heavy (non-hydrogen) atoms. The Hall–Kier alpha value is -1.24. The first-order chi connectivity index (χ1) is 9.56. The van der Waals surface area contributed by atoms with Crippen LogP contribution in [0.5, 0.6) is 0 Å². The predicted molar refractivity (Wildman–Crippen MR) is 77.6 cm³/mol. The van der Waals surface area contributed by atoms with Crippen molar-refractivity contribution in [3.8, 4) is 0 Å². The van der Waals surface area contributed by atoms with Gasteiger partial charge in [-0.15, -0.1) is 0 Å². The first kappa shape index (κ1) is 13.7. The van der Waals surface area contributed by atoms with E-state index in [0.717, 1.165) is 19.5 Å². The van der Waals surface area contributed by atoms with Crippen LogP contribution in [0.1, 0.15) is 6.42 Å². The molecule has 1 atom stereocenters. The third-order valence-electron chi connectivity index (χ3n) is 3.41. The van der Waals surface area contributed by atoms with Gasteiger partial charge < -0.3 is 5.32 Å². The zero-order valence-corrected chi connectivity index (χ0v) is 12.3. The van der Waals surface area contributed by atoms with E-state index in [9.17, 15) is 8.42 Å². The van der Waals surface area contributed by atoms with Crippen molar-refractivity contribution >= 4 is 32.5 Å². The zero-order valence-electron chi connectivity index (χ0n) is 10.7. The minimum atomic E-state index is -3.51. The Morgan fingerprint density at radius 3 is 2.60 bits per heavy atom. The Bertz CT molecular complexity index is 742. The molecule has 1 saturated heterocycles. The SMILES string of the molecule is O=S(=O)(C[C@H]1CCNC1)c1nc2ccccc2nc1Cl. The molecule has 1 aliphatic rings. The molecule has 1 aromatic heterocycles. The van der Waals surface area contributed by atoms with Gasteiger partial charge in [-0.2, -0.15) is 0 Å². The van der Waals surface area contributed by atoms with Gasteiger partial charge in [0.2, 0.25) is 0 Å². The maximum Gasteiger partial charge on any atom is 0.199 e. The lowest BCUT2D eigenvalue weighted by Crippen LogP contribution is -2.20. The summed E-state index contributed by atoms with van der Waals surface area (Å²) in [4.78, 5) is 8.31. The summed E-state index contributed by atoms with van der Waals surface area (Å²) in [6.07, 6.45) is 0.859. The number of hydrogen-bond acceptors (Lipinski definition) is 5. The van der Waals surface area contributed by atoms with Gasteiger partial charge in [0.15, 0.2) is 20.0 Å². The number of fused-ring (bicyclic) bond motifs is 1. The minimum absolute atomic E-state index is 0.0466. The van der Waals surface area contributed by atoms with E-state index in [1.54, 1.807) is 18.2 Å². The second kappa shape index (κ2) is 5.27. The Morgan fingerprint density at radius 1 is 1.25 bits per heavy atom. The minimum Gasteiger partial charge on any atom is -0.316 e. The fourth-order valence-corrected chi connectivity index (χ4v) is 4.49. The molecule has 0 radical (unpaired) electrons. The number of sulfone groups is 1. The molecule has 1 fully saturated rings. The summed E-state index contributed by atoms with van der Waals surface area (Å²) >= 11 is 6.00. The molecule has 0 aliphatic carbocycles. The van der Waals surface area contributed by atoms with Crippen molar-refractivity contribution < 1.29 is 8.42 Å². The highest BCUT2D eigenvalue weighted by Gasteiger charge is 2.27. The van der Waals surface area contributed by atoms with E-state index in [0.29, 0.717) is 11.0 Å². The van der Waals surface area contributed by atoms with Gasteiger partial charge >= 0.3 is 0 Å². The standard InChI is InChI=1S/C13H14ClN3O2S/c14-12-13(17-11-4-2-1-3-10(11)16-12)20(18,19)8-9-5-6-15-7-9/h1-4,9,15H,5-8H2/t9-/m0/s1. The highest BCUT2D eigenvalue weighted by atomic mass is 35.5. The van der Waals surface area contributed by atoms with E-state index in [1.807, 2.05) is 6.07 Å². The number of nitrogens with one attached hydrogen (secondary N) is 1. The molecular weight excluding hydrogens is 298 g/mol. The third-order valence-corrected chi connectivity index (χ3v) is 5.57. The van der Waals surface area contributed by atoms with E-state index in [-0.39, 0.29) is 21.8 Å². The molecule has 7 heteroatoms. The number of para-hydroxylation sites is 2. The first-order valence-electron chi connectivity index (χ1n) is 6.42. The molecular formula is C13H14ClN3O2S. The lowest BCUT2D eigenvalue weighted by Gasteiger charge is -2.10. The van der Waals surface area contributed by atoms with Crippen molar-refractivity contribution in [2.24, 2.45) is 5.92 Å². The normalized spacial score (nSPS) is 19.6. The summed E-state index contributed by atoms with van der Waals surface area (Å²) in [6, 6.07) is 7.09. The van der Waals surface area contributed by atoms with Gasteiger partial charge in [-0.3, -0.25) is 0 Å². The summed E-state index contributed by atoms with van der Waals surface area (Å²) in [5.41, 5.74) is 1.14. The van der Waals surface area contributed by atoms with Crippen LogP contribution >= 0.6 is 11.6 Å². The summed E-state index contributed by atoms with van der Waals surface area (Å²) in [7, 11) is -3.51. The summed E-state index contributed by atoms with van der Waals surface area (Å²) in [6.45, 7) is 1.58. The fraction of sp³-hybridized carbons (Fsp3) is 0.385. The van der Waals surface area contributed by atoms with Crippen LogP contribution in [0, 0.1) is 5.92 Å². The smallest absolute Gasteiger partial charge is 0.199 e. The lowest BCUT2D eigenvalue weighted by atomic mass is 10.2. The fourth-order valence-electron chi connectivity index (χ4n) is 2.41. The van der Waals surface area contributed by atoms with Crippen LogP contribution in [0.15, 0.2) is 29.3 Å². The molecule has 106 valence electrons. The van der Waals surface area contributed by atoms with E-state index in [1.165, 1.54) is 0 Å². The third kappa shape index (κ3) is 2.63. The Morgan fingerprint density at radius 2 is 1.95 bits per heavy atom. The van der Waals surface area contributed by atoms with E-state index < -0.39 is 9.84 Å². The molecule has 0 bridgehead atoms. The average Bonchev–Trinajstić information content (AvgIpc) is 2.90. The average molecular weight is 312 g/mol.